The second-order valence-electron chi connectivity index (χ2n) is 12.6. The summed E-state index contributed by atoms with van der Waals surface area (Å²) in [6.07, 6.45) is 41.8. The third kappa shape index (κ3) is 26.2. The summed E-state index contributed by atoms with van der Waals surface area (Å²) in [5, 5.41) is 9.82. The van der Waals surface area contributed by atoms with Crippen molar-refractivity contribution in [1.29, 1.82) is 0 Å². The maximum Gasteiger partial charge on any atom is 0.0657 e. The molecule has 1 N–H and O–H groups in total. The molecule has 0 aliphatic heterocycles. The van der Waals surface area contributed by atoms with Crippen LogP contribution in [0.15, 0.2) is 143 Å². The van der Waals surface area contributed by atoms with Crippen LogP contribution < -0.4 is 0 Å². The molecule has 0 heterocycles. The predicted octanol–water partition coefficient (Wildman–Crippen LogP) is 11.8. The molecule has 0 unspecified atom stereocenters. The van der Waals surface area contributed by atoms with Gasteiger partial charge in [-0.15, -0.1) is 0 Å². The van der Waals surface area contributed by atoms with E-state index in [1.165, 1.54) is 33.4 Å². The smallest absolute Gasteiger partial charge is 0.0657 e. The van der Waals surface area contributed by atoms with Crippen molar-refractivity contribution in [2.45, 2.75) is 106 Å². The van der Waals surface area contributed by atoms with Gasteiger partial charge in [-0.3, -0.25) is 0 Å². The molecule has 0 aromatic heterocycles. The highest BCUT2D eigenvalue weighted by atomic mass is 16.5. The quantitative estimate of drug-likeness (QED) is 0.162. The summed E-state index contributed by atoms with van der Waals surface area (Å²) in [6.45, 7) is 20.6. The first-order valence-electron chi connectivity index (χ1n) is 15.5. The van der Waals surface area contributed by atoms with Crippen molar-refractivity contribution < 1.29 is 9.84 Å². The van der Waals surface area contributed by atoms with E-state index >= 15 is 0 Å². The largest absolute Gasteiger partial charge is 0.390 e. The van der Waals surface area contributed by atoms with E-state index in [2.05, 4.69) is 165 Å². The molecule has 0 aliphatic rings. The highest BCUT2D eigenvalue weighted by Crippen LogP contribution is 2.16. The number of methoxy groups -OCH3 is 1. The normalized spacial score (nSPS) is 16.2. The van der Waals surface area contributed by atoms with Gasteiger partial charge >= 0.3 is 0 Å². The molecule has 0 aliphatic carbocycles. The summed E-state index contributed by atoms with van der Waals surface area (Å²) in [5.74, 6) is 0. The molecule has 2 nitrogen and oxygen atoms in total. The van der Waals surface area contributed by atoms with Gasteiger partial charge in [-0.1, -0.05) is 143 Å². The molecular formula is C41H60O2. The maximum atomic E-state index is 9.82. The Balaban J connectivity index is 4.74. The Labute approximate surface area is 265 Å². The Morgan fingerprint density at radius 1 is 0.558 bits per heavy atom. The van der Waals surface area contributed by atoms with Gasteiger partial charge < -0.3 is 9.84 Å². The number of ether oxygens (including phenoxy) is 1. The third-order valence-corrected chi connectivity index (χ3v) is 6.63. The molecule has 0 saturated carbocycles. The molecule has 0 aromatic carbocycles. The molecule has 0 bridgehead atoms. The fourth-order valence-electron chi connectivity index (χ4n) is 3.61. The van der Waals surface area contributed by atoms with Gasteiger partial charge in [-0.25, -0.2) is 0 Å². The summed E-state index contributed by atoms with van der Waals surface area (Å²) in [5.41, 5.74) is 6.63. The number of hydrogen-bond donors (Lipinski definition) is 1. The lowest BCUT2D eigenvalue weighted by molar-refractivity contribution is 0.0255. The Morgan fingerprint density at radius 3 is 1.33 bits per heavy atom. The minimum Gasteiger partial charge on any atom is -0.390 e. The van der Waals surface area contributed by atoms with Crippen molar-refractivity contribution in [3.8, 4) is 0 Å². The topological polar surface area (TPSA) is 29.5 Å². The SMILES string of the molecule is COC(C)(C)C\C=C/C(C)=C/C=C/C(C)=C/C=C/C(C)=C/C=C/C=C(C)/C=C/C=C(C)/C=C/C=C(\C)CCCC(C)(C)O. The standard InChI is InChI=1S/C41H60O2/c1-34(22-14-24-36(3)26-16-28-38(5)30-18-32-40(7,8)42)20-12-13-21-35(2)23-15-25-37(4)27-17-29-39(6)31-19-33-41(9,10)43-11/h12-17,19-29,31,42H,18,30,32-33H2,1-11H3/b13-12+,22-14+,23-15+,26-16+,27-17+,31-19-,34-20+,35-21+,36-24+,37-25+,38-28+,39-29+. The van der Waals surface area contributed by atoms with Gasteiger partial charge in [0.25, 0.3) is 0 Å². The van der Waals surface area contributed by atoms with Crippen molar-refractivity contribution in [3.63, 3.8) is 0 Å². The average molecular weight is 585 g/mol. The number of rotatable bonds is 18. The van der Waals surface area contributed by atoms with Crippen LogP contribution in [0.5, 0.6) is 0 Å². The van der Waals surface area contributed by atoms with Crippen LogP contribution in [0.1, 0.15) is 94.9 Å². The molecule has 0 fully saturated rings. The molecule has 0 rings (SSSR count). The summed E-state index contributed by atoms with van der Waals surface area (Å²) >= 11 is 0. The van der Waals surface area contributed by atoms with Crippen LogP contribution in [0.25, 0.3) is 0 Å². The Hall–Kier alpha value is -3.20. The van der Waals surface area contributed by atoms with E-state index in [4.69, 9.17) is 4.74 Å². The summed E-state index contributed by atoms with van der Waals surface area (Å²) in [4.78, 5) is 0. The molecule has 2 heteroatoms. The predicted molar refractivity (Wildman–Crippen MR) is 193 cm³/mol. The lowest BCUT2D eigenvalue weighted by Gasteiger charge is -2.20. The molecule has 0 aromatic rings. The van der Waals surface area contributed by atoms with Crippen LogP contribution in [0.4, 0.5) is 0 Å². The van der Waals surface area contributed by atoms with Crippen LogP contribution in [0, 0.1) is 0 Å². The van der Waals surface area contributed by atoms with E-state index < -0.39 is 5.60 Å². The lowest BCUT2D eigenvalue weighted by Crippen LogP contribution is -2.20. The minimum atomic E-state index is -0.578. The minimum absolute atomic E-state index is 0.124. The van der Waals surface area contributed by atoms with E-state index in [-0.39, 0.29) is 5.60 Å². The Kier molecular flexibility index (Phi) is 20.7. The van der Waals surface area contributed by atoms with Crippen molar-refractivity contribution in [1.82, 2.24) is 0 Å². The fraction of sp³-hybridized carbons (Fsp3) is 0.415. The molecular weight excluding hydrogens is 524 g/mol. The highest BCUT2D eigenvalue weighted by Gasteiger charge is 2.13. The molecule has 236 valence electrons. The molecule has 0 spiro atoms. The second kappa shape index (κ2) is 22.4. The first kappa shape index (κ1) is 39.8. The number of allylic oxidation sites excluding steroid dienone is 23. The zero-order chi connectivity index (χ0) is 32.7. The van der Waals surface area contributed by atoms with Crippen molar-refractivity contribution in [3.05, 3.63) is 143 Å². The zero-order valence-electron chi connectivity index (χ0n) is 29.1. The molecule has 0 saturated heterocycles. The van der Waals surface area contributed by atoms with Gasteiger partial charge in [0.05, 0.1) is 11.2 Å². The van der Waals surface area contributed by atoms with Gasteiger partial charge in [0.15, 0.2) is 0 Å². The molecule has 0 atom stereocenters. The summed E-state index contributed by atoms with van der Waals surface area (Å²) < 4.78 is 5.45. The van der Waals surface area contributed by atoms with E-state index in [9.17, 15) is 5.11 Å². The van der Waals surface area contributed by atoms with Crippen molar-refractivity contribution in [2.75, 3.05) is 7.11 Å². The highest BCUT2D eigenvalue weighted by molar-refractivity contribution is 5.33. The van der Waals surface area contributed by atoms with E-state index in [0.717, 1.165) is 25.7 Å². The molecule has 0 radical (unpaired) electrons. The Bertz CT molecular complexity index is 1190. The zero-order valence-corrected chi connectivity index (χ0v) is 29.1. The third-order valence-electron chi connectivity index (χ3n) is 6.63. The monoisotopic (exact) mass is 584 g/mol. The Morgan fingerprint density at radius 2 is 0.930 bits per heavy atom. The van der Waals surface area contributed by atoms with Crippen LogP contribution in [0.3, 0.4) is 0 Å². The number of hydrogen-bond acceptors (Lipinski definition) is 2. The lowest BCUT2D eigenvalue weighted by atomic mass is 9.99. The van der Waals surface area contributed by atoms with Crippen LogP contribution in [0.2, 0.25) is 0 Å². The van der Waals surface area contributed by atoms with Gasteiger partial charge in [0, 0.05) is 7.11 Å². The average Bonchev–Trinajstić information content (AvgIpc) is 2.90. The van der Waals surface area contributed by atoms with Crippen molar-refractivity contribution in [2.24, 2.45) is 0 Å². The van der Waals surface area contributed by atoms with Crippen LogP contribution >= 0.6 is 0 Å². The van der Waals surface area contributed by atoms with Gasteiger partial charge in [-0.05, 0) is 94.9 Å². The van der Waals surface area contributed by atoms with E-state index in [0.29, 0.717) is 0 Å². The van der Waals surface area contributed by atoms with Crippen LogP contribution in [-0.2, 0) is 4.74 Å². The van der Waals surface area contributed by atoms with E-state index in [1.807, 2.05) is 13.8 Å². The molecule has 0 amide bonds. The van der Waals surface area contributed by atoms with Gasteiger partial charge in [0.1, 0.15) is 0 Å². The summed E-state index contributed by atoms with van der Waals surface area (Å²) in [7, 11) is 1.75. The first-order valence-corrected chi connectivity index (χ1v) is 15.5. The van der Waals surface area contributed by atoms with Gasteiger partial charge in [-0.2, -0.15) is 0 Å². The second-order valence-corrected chi connectivity index (χ2v) is 12.6. The fourth-order valence-corrected chi connectivity index (χ4v) is 3.61. The summed E-state index contributed by atoms with van der Waals surface area (Å²) in [6, 6.07) is 0. The maximum absolute atomic E-state index is 9.82. The van der Waals surface area contributed by atoms with E-state index in [1.54, 1.807) is 7.11 Å². The van der Waals surface area contributed by atoms with Gasteiger partial charge in [0.2, 0.25) is 0 Å². The van der Waals surface area contributed by atoms with Crippen LogP contribution in [-0.4, -0.2) is 23.4 Å². The number of aliphatic hydroxyl groups is 1. The molecule has 43 heavy (non-hydrogen) atoms. The van der Waals surface area contributed by atoms with Crippen molar-refractivity contribution >= 4 is 0 Å². The first-order chi connectivity index (χ1) is 20.1.